The Labute approximate surface area is 87.4 Å². The van der Waals surface area contributed by atoms with Gasteiger partial charge in [0.25, 0.3) is 0 Å². The smallest absolute Gasteiger partial charge is 0.0223 e. The van der Waals surface area contributed by atoms with Crippen molar-refractivity contribution in [2.75, 3.05) is 19.0 Å². The maximum atomic E-state index is 5.66. The van der Waals surface area contributed by atoms with Gasteiger partial charge in [0.2, 0.25) is 0 Å². The molecule has 1 aliphatic carbocycles. The van der Waals surface area contributed by atoms with Gasteiger partial charge < -0.3 is 4.90 Å². The summed E-state index contributed by atoms with van der Waals surface area (Å²) in [7, 11) is 0. The Kier molecular flexibility index (Phi) is 5.12. The van der Waals surface area contributed by atoms with Gasteiger partial charge in [-0.2, -0.15) is 0 Å². The largest absolute Gasteiger partial charge is 0.301 e. The number of unbranched alkanes of at least 4 members (excludes halogenated alkanes) is 1. The maximum Gasteiger partial charge on any atom is 0.0223 e. The van der Waals surface area contributed by atoms with Crippen molar-refractivity contribution in [3.05, 3.63) is 0 Å². The third-order valence-electron chi connectivity index (χ3n) is 2.75. The molecule has 0 aromatic rings. The molecule has 1 aliphatic rings. The van der Waals surface area contributed by atoms with Crippen LogP contribution in [0.4, 0.5) is 0 Å². The number of halogens is 1. The van der Waals surface area contributed by atoms with Crippen molar-refractivity contribution < 1.29 is 0 Å². The predicted molar refractivity (Wildman–Crippen MR) is 59.4 cm³/mol. The molecule has 1 saturated carbocycles. The van der Waals surface area contributed by atoms with Crippen molar-refractivity contribution in [3.63, 3.8) is 0 Å². The van der Waals surface area contributed by atoms with Crippen LogP contribution in [0.2, 0.25) is 0 Å². The SMILES string of the molecule is CC(C)N(CCCCCl)CC1CC1. The van der Waals surface area contributed by atoms with Crippen molar-refractivity contribution in [1.29, 1.82) is 0 Å². The van der Waals surface area contributed by atoms with Gasteiger partial charge in [-0.1, -0.05) is 0 Å². The Bertz CT molecular complexity index is 132. The van der Waals surface area contributed by atoms with Crippen LogP contribution in [-0.2, 0) is 0 Å². The molecule has 1 nitrogen and oxygen atoms in total. The minimum atomic E-state index is 0.705. The van der Waals surface area contributed by atoms with E-state index in [1.165, 1.54) is 32.4 Å². The number of nitrogens with zero attached hydrogens (tertiary/aromatic N) is 1. The van der Waals surface area contributed by atoms with E-state index in [-0.39, 0.29) is 0 Å². The van der Waals surface area contributed by atoms with Crippen molar-refractivity contribution in [2.24, 2.45) is 5.92 Å². The predicted octanol–water partition coefficient (Wildman–Crippen LogP) is 3.13. The summed E-state index contributed by atoms with van der Waals surface area (Å²) in [6, 6.07) is 0.705. The minimum absolute atomic E-state index is 0.705. The van der Waals surface area contributed by atoms with Gasteiger partial charge in [-0.05, 0) is 52.0 Å². The fraction of sp³-hybridized carbons (Fsp3) is 1.00. The Morgan fingerprint density at radius 2 is 2.00 bits per heavy atom. The van der Waals surface area contributed by atoms with Gasteiger partial charge in [0.15, 0.2) is 0 Å². The van der Waals surface area contributed by atoms with Crippen LogP contribution in [0.5, 0.6) is 0 Å². The van der Waals surface area contributed by atoms with Crippen LogP contribution in [0.15, 0.2) is 0 Å². The summed E-state index contributed by atoms with van der Waals surface area (Å²) in [5, 5.41) is 0. The molecule has 0 radical (unpaired) electrons. The van der Waals surface area contributed by atoms with Gasteiger partial charge in [-0.15, -0.1) is 11.6 Å². The number of hydrogen-bond donors (Lipinski definition) is 0. The summed E-state index contributed by atoms with van der Waals surface area (Å²) in [6.45, 7) is 7.15. The van der Waals surface area contributed by atoms with Crippen LogP contribution in [-0.4, -0.2) is 29.9 Å². The lowest BCUT2D eigenvalue weighted by molar-refractivity contribution is 0.209. The average molecular weight is 204 g/mol. The van der Waals surface area contributed by atoms with Crippen molar-refractivity contribution in [2.45, 2.75) is 45.6 Å². The molecule has 0 atom stereocenters. The molecule has 0 amide bonds. The normalized spacial score (nSPS) is 17.3. The molecule has 13 heavy (non-hydrogen) atoms. The molecule has 1 fully saturated rings. The lowest BCUT2D eigenvalue weighted by Gasteiger charge is -2.26. The highest BCUT2D eigenvalue weighted by Crippen LogP contribution is 2.30. The molecule has 1 rings (SSSR count). The Balaban J connectivity index is 2.12. The van der Waals surface area contributed by atoms with E-state index < -0.39 is 0 Å². The van der Waals surface area contributed by atoms with E-state index in [1.807, 2.05) is 0 Å². The van der Waals surface area contributed by atoms with Crippen LogP contribution in [0.25, 0.3) is 0 Å². The van der Waals surface area contributed by atoms with Gasteiger partial charge in [0.05, 0.1) is 0 Å². The van der Waals surface area contributed by atoms with Gasteiger partial charge in [-0.3, -0.25) is 0 Å². The second kappa shape index (κ2) is 5.87. The molecule has 0 spiro atoms. The van der Waals surface area contributed by atoms with E-state index in [9.17, 15) is 0 Å². The third kappa shape index (κ3) is 4.87. The monoisotopic (exact) mass is 203 g/mol. The average Bonchev–Trinajstić information content (AvgIpc) is 2.86. The zero-order valence-corrected chi connectivity index (χ0v) is 9.69. The molecule has 0 saturated heterocycles. The van der Waals surface area contributed by atoms with Crippen LogP contribution < -0.4 is 0 Å². The van der Waals surface area contributed by atoms with E-state index in [2.05, 4.69) is 18.7 Å². The Morgan fingerprint density at radius 1 is 1.31 bits per heavy atom. The first kappa shape index (κ1) is 11.3. The summed E-state index contributed by atoms with van der Waals surface area (Å²) in [5.74, 6) is 1.83. The first-order valence-electron chi connectivity index (χ1n) is 5.54. The van der Waals surface area contributed by atoms with Crippen LogP contribution in [0.3, 0.4) is 0 Å². The summed E-state index contributed by atoms with van der Waals surface area (Å²) in [6.07, 6.45) is 5.33. The topological polar surface area (TPSA) is 3.24 Å². The Morgan fingerprint density at radius 3 is 2.46 bits per heavy atom. The highest BCUT2D eigenvalue weighted by Gasteiger charge is 2.24. The van der Waals surface area contributed by atoms with Gasteiger partial charge in [0.1, 0.15) is 0 Å². The van der Waals surface area contributed by atoms with Crippen LogP contribution in [0.1, 0.15) is 39.5 Å². The van der Waals surface area contributed by atoms with E-state index in [4.69, 9.17) is 11.6 Å². The van der Waals surface area contributed by atoms with Crippen molar-refractivity contribution >= 4 is 11.6 Å². The fourth-order valence-electron chi connectivity index (χ4n) is 1.60. The summed E-state index contributed by atoms with van der Waals surface area (Å²) < 4.78 is 0. The minimum Gasteiger partial charge on any atom is -0.301 e. The summed E-state index contributed by atoms with van der Waals surface area (Å²) >= 11 is 5.66. The molecule has 2 heteroatoms. The van der Waals surface area contributed by atoms with Gasteiger partial charge in [0, 0.05) is 18.5 Å². The van der Waals surface area contributed by atoms with E-state index in [1.54, 1.807) is 0 Å². The second-order valence-corrected chi connectivity index (χ2v) is 4.81. The number of alkyl halides is 1. The van der Waals surface area contributed by atoms with E-state index in [0.29, 0.717) is 6.04 Å². The molecular formula is C11H22ClN. The van der Waals surface area contributed by atoms with Gasteiger partial charge in [-0.25, -0.2) is 0 Å². The van der Waals surface area contributed by atoms with Crippen LogP contribution >= 0.6 is 11.6 Å². The number of hydrogen-bond acceptors (Lipinski definition) is 1. The summed E-state index contributed by atoms with van der Waals surface area (Å²) in [5.41, 5.74) is 0. The molecule has 0 aromatic carbocycles. The highest BCUT2D eigenvalue weighted by atomic mass is 35.5. The first-order valence-corrected chi connectivity index (χ1v) is 6.07. The highest BCUT2D eigenvalue weighted by molar-refractivity contribution is 6.17. The third-order valence-corrected chi connectivity index (χ3v) is 3.02. The number of rotatable bonds is 7. The molecular weight excluding hydrogens is 182 g/mol. The van der Waals surface area contributed by atoms with Crippen molar-refractivity contribution in [3.8, 4) is 0 Å². The van der Waals surface area contributed by atoms with E-state index >= 15 is 0 Å². The molecule has 0 bridgehead atoms. The quantitative estimate of drug-likeness (QED) is 0.454. The lowest BCUT2D eigenvalue weighted by atomic mass is 10.2. The lowest BCUT2D eigenvalue weighted by Crippen LogP contribution is -2.33. The molecule has 0 aromatic heterocycles. The van der Waals surface area contributed by atoms with Crippen LogP contribution in [0, 0.1) is 5.92 Å². The second-order valence-electron chi connectivity index (χ2n) is 4.43. The van der Waals surface area contributed by atoms with E-state index in [0.717, 1.165) is 18.2 Å². The van der Waals surface area contributed by atoms with Crippen molar-refractivity contribution in [1.82, 2.24) is 4.90 Å². The maximum absolute atomic E-state index is 5.66. The molecule has 0 unspecified atom stereocenters. The fourth-order valence-corrected chi connectivity index (χ4v) is 1.79. The Hall–Kier alpha value is 0.250. The molecule has 78 valence electrons. The summed E-state index contributed by atoms with van der Waals surface area (Å²) in [4.78, 5) is 2.60. The van der Waals surface area contributed by atoms with Gasteiger partial charge >= 0.3 is 0 Å². The molecule has 0 N–H and O–H groups in total. The first-order chi connectivity index (χ1) is 6.24. The molecule has 0 aliphatic heterocycles. The zero-order chi connectivity index (χ0) is 9.68. The zero-order valence-electron chi connectivity index (χ0n) is 8.93. The molecule has 0 heterocycles. The standard InChI is InChI=1S/C11H22ClN/c1-10(2)13(8-4-3-7-12)9-11-5-6-11/h10-11H,3-9H2,1-2H3.